The lowest BCUT2D eigenvalue weighted by molar-refractivity contribution is -0.119. The van der Waals surface area contributed by atoms with Gasteiger partial charge in [0.1, 0.15) is 11.6 Å². The predicted molar refractivity (Wildman–Crippen MR) is 231 cm³/mol. The van der Waals surface area contributed by atoms with Gasteiger partial charge >= 0.3 is 11.8 Å². The summed E-state index contributed by atoms with van der Waals surface area (Å²) in [7, 11) is 0. The molecule has 0 aliphatic heterocycles. The number of rotatable bonds is 26. The first-order valence-corrected chi connectivity index (χ1v) is 20.9. The summed E-state index contributed by atoms with van der Waals surface area (Å²) in [6, 6.07) is 10.2. The van der Waals surface area contributed by atoms with Crippen molar-refractivity contribution in [2.75, 3.05) is 13.2 Å². The van der Waals surface area contributed by atoms with Crippen LogP contribution >= 0.6 is 0 Å². The Labute approximate surface area is 337 Å². The molecule has 4 aromatic rings. The van der Waals surface area contributed by atoms with Crippen molar-refractivity contribution in [3.8, 4) is 0 Å². The molecule has 1 saturated carbocycles. The first-order valence-electron chi connectivity index (χ1n) is 20.9. The van der Waals surface area contributed by atoms with Gasteiger partial charge in [-0.05, 0) is 95.2 Å². The molecule has 1 aromatic carbocycles. The lowest BCUT2D eigenvalue weighted by Gasteiger charge is -2.11. The Morgan fingerprint density at radius 3 is 2.12 bits per heavy atom. The second-order valence-electron chi connectivity index (χ2n) is 14.4. The standard InChI is InChI=1S/C47H60N6O4/c1-2-3-4-5-6-7-8-9-10-11-12-13-14-15-16-17-18-19-20-26-40(54)27-25-33-49-46(55)57-36-24-23-35-51-42-29-22-21-28-41(42)50-45(51)38-52-44-37-48-34-32-43(44)53(47(52)56)39-30-31-39/h3-4,6-7,9-10,12-13,15-16,18-19,21-22,28-29,32,34,37,39H,2,5,8,11,14,17,20,23-27,30-31,33,35-36,38H2,1H3,(H,49,55)/b4-3-,7-6-,10-9-,13-12-,16-15-,19-18-. The minimum Gasteiger partial charge on any atom is -0.450 e. The summed E-state index contributed by atoms with van der Waals surface area (Å²) in [5.41, 5.74) is 3.60. The molecule has 302 valence electrons. The lowest BCUT2D eigenvalue weighted by atomic mass is 10.1. The fourth-order valence-corrected chi connectivity index (χ4v) is 6.67. The molecule has 0 spiro atoms. The number of carbonyl (C=O) groups excluding carboxylic acids is 2. The number of para-hydroxylation sites is 2. The first kappa shape index (κ1) is 42.6. The van der Waals surface area contributed by atoms with Crippen molar-refractivity contribution in [1.82, 2.24) is 29.0 Å². The van der Waals surface area contributed by atoms with Crippen LogP contribution in [0.25, 0.3) is 22.1 Å². The van der Waals surface area contributed by atoms with Crippen LogP contribution in [0.5, 0.6) is 0 Å². The number of alkyl carbamates (subject to hydrolysis) is 1. The number of hydrogen-bond acceptors (Lipinski definition) is 6. The van der Waals surface area contributed by atoms with Crippen molar-refractivity contribution >= 4 is 33.9 Å². The molecule has 1 fully saturated rings. The van der Waals surface area contributed by atoms with Gasteiger partial charge in [0.25, 0.3) is 0 Å². The molecule has 1 amide bonds. The quantitative estimate of drug-likeness (QED) is 0.0502. The van der Waals surface area contributed by atoms with E-state index in [1.54, 1.807) is 17.0 Å². The van der Waals surface area contributed by atoms with Crippen LogP contribution in [-0.4, -0.2) is 48.7 Å². The van der Waals surface area contributed by atoms with E-state index in [1.165, 1.54) is 0 Å². The van der Waals surface area contributed by atoms with Crippen LogP contribution in [0.2, 0.25) is 0 Å². The molecule has 0 unspecified atom stereocenters. The van der Waals surface area contributed by atoms with E-state index in [0.717, 1.165) is 92.1 Å². The molecule has 1 N–H and O–H groups in total. The molecule has 1 aliphatic rings. The fraction of sp³-hybridized carbons (Fsp3) is 0.426. The maximum atomic E-state index is 13.5. The number of benzene rings is 1. The van der Waals surface area contributed by atoms with Crippen LogP contribution in [0.3, 0.4) is 0 Å². The molecule has 0 atom stereocenters. The largest absolute Gasteiger partial charge is 0.450 e. The Morgan fingerprint density at radius 2 is 1.44 bits per heavy atom. The third-order valence-corrected chi connectivity index (χ3v) is 9.81. The third kappa shape index (κ3) is 14.2. The highest BCUT2D eigenvalue weighted by Crippen LogP contribution is 2.36. The second-order valence-corrected chi connectivity index (χ2v) is 14.4. The number of Topliss-reactive ketones (excluding diaryl/α,β-unsaturated/α-hetero) is 1. The molecule has 1 aliphatic carbocycles. The minimum absolute atomic E-state index is 0.0243. The maximum absolute atomic E-state index is 13.5. The van der Waals surface area contributed by atoms with Gasteiger partial charge in [-0.3, -0.25) is 18.9 Å². The van der Waals surface area contributed by atoms with E-state index >= 15 is 0 Å². The van der Waals surface area contributed by atoms with Crippen molar-refractivity contribution < 1.29 is 14.3 Å². The van der Waals surface area contributed by atoms with E-state index in [0.29, 0.717) is 51.9 Å². The summed E-state index contributed by atoms with van der Waals surface area (Å²) < 4.78 is 11.3. The Balaban J connectivity index is 0.902. The van der Waals surface area contributed by atoms with Crippen LogP contribution in [0.4, 0.5) is 4.79 Å². The monoisotopic (exact) mass is 772 g/mol. The van der Waals surface area contributed by atoms with Gasteiger partial charge in [-0.25, -0.2) is 14.6 Å². The van der Waals surface area contributed by atoms with Gasteiger partial charge in [-0.1, -0.05) is 92.0 Å². The number of ether oxygens (including phenoxy) is 1. The average molecular weight is 773 g/mol. The molecule has 10 heteroatoms. The molecule has 10 nitrogen and oxygen atoms in total. The highest BCUT2D eigenvalue weighted by Gasteiger charge is 2.29. The zero-order valence-electron chi connectivity index (χ0n) is 33.6. The van der Waals surface area contributed by atoms with E-state index < -0.39 is 6.09 Å². The molecular formula is C47H60N6O4. The van der Waals surface area contributed by atoms with Crippen molar-refractivity contribution in [3.63, 3.8) is 0 Å². The highest BCUT2D eigenvalue weighted by atomic mass is 16.5. The van der Waals surface area contributed by atoms with E-state index in [2.05, 4.69) is 94.7 Å². The number of pyridine rings is 1. The Morgan fingerprint density at radius 1 is 0.772 bits per heavy atom. The average Bonchev–Trinajstić information content (AvgIpc) is 3.94. The summed E-state index contributed by atoms with van der Waals surface area (Å²) >= 11 is 0. The number of fused-ring (bicyclic) bond motifs is 2. The zero-order valence-corrected chi connectivity index (χ0v) is 33.6. The van der Waals surface area contributed by atoms with Crippen molar-refractivity contribution in [2.45, 2.75) is 116 Å². The SMILES string of the molecule is CC/C=C\C/C=C\C/C=C\C/C=C\C/C=C\C/C=C\CCC(=O)CCCNC(=O)OCCCCn1c(Cn2c(=O)n(C3CC3)c3ccncc32)nc2ccccc21. The topological polar surface area (TPSA) is 113 Å². The van der Waals surface area contributed by atoms with Crippen LogP contribution < -0.4 is 11.0 Å². The first-order chi connectivity index (χ1) is 28.1. The Kier molecular flexibility index (Phi) is 18.1. The number of aryl methyl sites for hydroxylation is 1. The number of imidazole rings is 2. The van der Waals surface area contributed by atoms with Crippen LogP contribution in [-0.2, 0) is 22.6 Å². The number of ketones is 1. The smallest absolute Gasteiger partial charge is 0.407 e. The molecule has 3 aromatic heterocycles. The van der Waals surface area contributed by atoms with Crippen molar-refractivity contribution in [2.24, 2.45) is 0 Å². The highest BCUT2D eigenvalue weighted by molar-refractivity contribution is 5.78. The maximum Gasteiger partial charge on any atom is 0.407 e. The molecule has 0 bridgehead atoms. The molecule has 3 heterocycles. The van der Waals surface area contributed by atoms with Gasteiger partial charge in [0.2, 0.25) is 0 Å². The van der Waals surface area contributed by atoms with Gasteiger partial charge in [0.15, 0.2) is 0 Å². The van der Waals surface area contributed by atoms with Crippen molar-refractivity contribution in [3.05, 3.63) is 132 Å². The number of unbranched alkanes of at least 4 members (excludes halogenated alkanes) is 1. The number of allylic oxidation sites excluding steroid dienone is 12. The summed E-state index contributed by atoms with van der Waals surface area (Å²) in [4.78, 5) is 47.3. The molecule has 0 saturated heterocycles. The van der Waals surface area contributed by atoms with Gasteiger partial charge < -0.3 is 14.6 Å². The summed E-state index contributed by atoms with van der Waals surface area (Å²) in [6.07, 6.45) is 40.7. The van der Waals surface area contributed by atoms with Crippen molar-refractivity contribution in [1.29, 1.82) is 0 Å². The van der Waals surface area contributed by atoms with Gasteiger partial charge in [0, 0.05) is 38.2 Å². The summed E-state index contributed by atoms with van der Waals surface area (Å²) in [5, 5.41) is 2.76. The Hall–Kier alpha value is -5.51. The molecular weight excluding hydrogens is 713 g/mol. The summed E-state index contributed by atoms with van der Waals surface area (Å²) in [6.45, 7) is 3.87. The number of aromatic nitrogens is 5. The second kappa shape index (κ2) is 24.2. The minimum atomic E-state index is -0.464. The zero-order chi connectivity index (χ0) is 39.9. The third-order valence-electron chi connectivity index (χ3n) is 9.81. The normalized spacial score (nSPS) is 13.7. The number of nitrogens with one attached hydrogen (secondary N) is 1. The summed E-state index contributed by atoms with van der Waals surface area (Å²) in [5.74, 6) is 1.01. The lowest BCUT2D eigenvalue weighted by Crippen LogP contribution is -2.26. The van der Waals surface area contributed by atoms with Gasteiger partial charge in [-0.2, -0.15) is 0 Å². The number of amides is 1. The van der Waals surface area contributed by atoms with E-state index in [4.69, 9.17) is 9.72 Å². The molecule has 5 rings (SSSR count). The van der Waals surface area contributed by atoms with E-state index in [-0.39, 0.29) is 17.5 Å². The van der Waals surface area contributed by atoms with E-state index in [1.807, 2.05) is 34.9 Å². The van der Waals surface area contributed by atoms with Crippen LogP contribution in [0.1, 0.15) is 109 Å². The predicted octanol–water partition coefficient (Wildman–Crippen LogP) is 10.3. The van der Waals surface area contributed by atoms with E-state index in [9.17, 15) is 14.4 Å². The van der Waals surface area contributed by atoms with Gasteiger partial charge in [-0.15, -0.1) is 0 Å². The molecule has 0 radical (unpaired) electrons. The Bertz CT molecular complexity index is 2110. The van der Waals surface area contributed by atoms with Gasteiger partial charge in [0.05, 0.1) is 41.4 Å². The molecule has 57 heavy (non-hydrogen) atoms. The van der Waals surface area contributed by atoms with Crippen LogP contribution in [0.15, 0.2) is 120 Å². The number of hydrogen-bond donors (Lipinski definition) is 1. The van der Waals surface area contributed by atoms with Crippen LogP contribution in [0, 0.1) is 0 Å². The fourth-order valence-electron chi connectivity index (χ4n) is 6.67. The number of carbonyl (C=O) groups is 2. The number of nitrogens with zero attached hydrogens (tertiary/aromatic N) is 5.